The summed E-state index contributed by atoms with van der Waals surface area (Å²) in [5.74, 6) is 0.493. The molecule has 4 N–H and O–H groups in total. The van der Waals surface area contributed by atoms with Crippen molar-refractivity contribution in [3.8, 4) is 0 Å². The van der Waals surface area contributed by atoms with Crippen molar-refractivity contribution < 1.29 is 23.1 Å². The molecule has 6 atom stereocenters. The second-order valence-corrected chi connectivity index (χ2v) is 16.6. The monoisotopic (exact) mass is 606 g/mol. The third-order valence-electron chi connectivity index (χ3n) is 9.14. The zero-order chi connectivity index (χ0) is 31.3. The van der Waals surface area contributed by atoms with Crippen LogP contribution >= 0.6 is 0 Å². The molecule has 42 heavy (non-hydrogen) atoms. The second kappa shape index (κ2) is 14.2. The second-order valence-electron chi connectivity index (χ2n) is 14.0. The number of hydrogen-bond donors (Lipinski definition) is 4. The normalized spacial score (nSPS) is 24.2. The predicted octanol–water partition coefficient (Wildman–Crippen LogP) is 2.67. The van der Waals surface area contributed by atoms with Crippen LogP contribution in [0.15, 0.2) is 30.3 Å². The van der Waals surface area contributed by atoms with Crippen LogP contribution in [0.4, 0.5) is 0 Å². The molecule has 10 heteroatoms. The van der Waals surface area contributed by atoms with Crippen LogP contribution in [0.25, 0.3) is 0 Å². The molecule has 3 rings (SSSR count). The summed E-state index contributed by atoms with van der Waals surface area (Å²) in [5.41, 5.74) is 0.569. The molecule has 2 amide bonds. The van der Waals surface area contributed by atoms with Gasteiger partial charge in [0.05, 0.1) is 22.9 Å². The number of carbonyl (C=O) groups excluding carboxylic acids is 2. The van der Waals surface area contributed by atoms with Gasteiger partial charge in [0.2, 0.25) is 11.8 Å². The average molecular weight is 607 g/mol. The zero-order valence-corrected chi connectivity index (χ0v) is 27.5. The van der Waals surface area contributed by atoms with E-state index in [1.807, 2.05) is 58.0 Å². The number of nitrogens with one attached hydrogen (secondary N) is 3. The van der Waals surface area contributed by atoms with Crippen molar-refractivity contribution in [3.63, 3.8) is 0 Å². The van der Waals surface area contributed by atoms with Crippen molar-refractivity contribution in [2.24, 2.45) is 11.8 Å². The Morgan fingerprint density at radius 1 is 1.05 bits per heavy atom. The lowest BCUT2D eigenvalue weighted by atomic mass is 9.72. The van der Waals surface area contributed by atoms with Crippen molar-refractivity contribution in [2.75, 3.05) is 25.9 Å². The molecule has 2 aliphatic rings. The van der Waals surface area contributed by atoms with Gasteiger partial charge in [-0.05, 0) is 77.8 Å². The van der Waals surface area contributed by atoms with Crippen LogP contribution in [0.1, 0.15) is 79.2 Å². The van der Waals surface area contributed by atoms with Crippen LogP contribution in [0.2, 0.25) is 0 Å². The van der Waals surface area contributed by atoms with Crippen molar-refractivity contribution in [3.05, 3.63) is 35.9 Å². The Labute approximate surface area is 253 Å². The van der Waals surface area contributed by atoms with Gasteiger partial charge in [-0.25, -0.2) is 8.42 Å². The number of likely N-dealkylation sites (N-methyl/N-ethyl adjacent to an activating group) is 1. The highest BCUT2D eigenvalue weighted by atomic mass is 32.2. The number of sulfone groups is 1. The van der Waals surface area contributed by atoms with Crippen LogP contribution in [-0.4, -0.2) is 90.6 Å². The van der Waals surface area contributed by atoms with E-state index >= 15 is 0 Å². The summed E-state index contributed by atoms with van der Waals surface area (Å²) in [6.07, 6.45) is 5.92. The summed E-state index contributed by atoms with van der Waals surface area (Å²) in [6.45, 7) is 12.2. The molecule has 1 saturated carbocycles. The van der Waals surface area contributed by atoms with Gasteiger partial charge in [-0.1, -0.05) is 56.5 Å². The number of hydrogen-bond acceptors (Lipinski definition) is 7. The maximum Gasteiger partial charge on any atom is 0.239 e. The molecular formula is C32H54N4O5S. The van der Waals surface area contributed by atoms with E-state index in [0.717, 1.165) is 37.6 Å². The largest absolute Gasteiger partial charge is 0.390 e. The molecule has 1 aliphatic heterocycles. The van der Waals surface area contributed by atoms with Gasteiger partial charge >= 0.3 is 0 Å². The SMILES string of the molecule is CCN[C@H](C(=O)N[C@@H](Cc1ccccc1)[C@H](O)CN1C[C@H]2CCCC[C@H]2C[C@H]1C(=O)NC(C)(C)C)C(C)(C)S(C)(=O)=O. The number of amides is 2. The molecule has 1 aliphatic carbocycles. The predicted molar refractivity (Wildman–Crippen MR) is 168 cm³/mol. The summed E-state index contributed by atoms with van der Waals surface area (Å²) >= 11 is 0. The van der Waals surface area contributed by atoms with Gasteiger partial charge in [0.1, 0.15) is 6.04 Å². The molecule has 238 valence electrons. The lowest BCUT2D eigenvalue weighted by molar-refractivity contribution is -0.133. The summed E-state index contributed by atoms with van der Waals surface area (Å²) in [4.78, 5) is 29.3. The highest BCUT2D eigenvalue weighted by molar-refractivity contribution is 7.92. The van der Waals surface area contributed by atoms with E-state index < -0.39 is 38.7 Å². The fraction of sp³-hybridized carbons (Fsp3) is 0.750. The Hall–Kier alpha value is -2.01. The molecule has 1 saturated heterocycles. The maximum atomic E-state index is 13.7. The van der Waals surface area contributed by atoms with Gasteiger partial charge in [-0.2, -0.15) is 0 Å². The van der Waals surface area contributed by atoms with E-state index in [0.29, 0.717) is 24.8 Å². The number of carbonyl (C=O) groups is 2. The molecule has 0 spiro atoms. The molecule has 1 aromatic carbocycles. The Morgan fingerprint density at radius 2 is 1.67 bits per heavy atom. The van der Waals surface area contributed by atoms with Gasteiger partial charge in [0.25, 0.3) is 0 Å². The first kappa shape index (κ1) is 34.5. The van der Waals surface area contributed by atoms with Crippen LogP contribution in [0.3, 0.4) is 0 Å². The molecule has 0 aromatic heterocycles. The fourth-order valence-corrected chi connectivity index (χ4v) is 7.10. The molecule has 1 aromatic rings. The van der Waals surface area contributed by atoms with Gasteiger partial charge in [-0.15, -0.1) is 0 Å². The molecular weight excluding hydrogens is 552 g/mol. The number of benzene rings is 1. The summed E-state index contributed by atoms with van der Waals surface area (Å²) in [5, 5.41) is 21.0. The van der Waals surface area contributed by atoms with Crippen LogP contribution < -0.4 is 16.0 Å². The Balaban J connectivity index is 1.88. The minimum atomic E-state index is -3.59. The topological polar surface area (TPSA) is 128 Å². The zero-order valence-electron chi connectivity index (χ0n) is 26.7. The van der Waals surface area contributed by atoms with Crippen molar-refractivity contribution in [1.82, 2.24) is 20.9 Å². The first-order chi connectivity index (χ1) is 19.5. The Kier molecular flexibility index (Phi) is 11.6. The third-order valence-corrected chi connectivity index (χ3v) is 11.3. The fourth-order valence-electron chi connectivity index (χ4n) is 6.48. The highest BCUT2D eigenvalue weighted by Gasteiger charge is 2.45. The maximum absolute atomic E-state index is 13.7. The number of likely N-dealkylation sites (tertiary alicyclic amines) is 1. The number of rotatable bonds is 12. The number of fused-ring (bicyclic) bond motifs is 1. The Morgan fingerprint density at radius 3 is 2.24 bits per heavy atom. The van der Waals surface area contributed by atoms with E-state index in [2.05, 4.69) is 20.9 Å². The number of nitrogens with zero attached hydrogens (tertiary/aromatic N) is 1. The van der Waals surface area contributed by atoms with E-state index in [-0.39, 0.29) is 24.0 Å². The quantitative estimate of drug-likeness (QED) is 0.288. The summed E-state index contributed by atoms with van der Waals surface area (Å²) in [6, 6.07) is 7.58. The molecule has 0 radical (unpaired) electrons. The lowest BCUT2D eigenvalue weighted by Crippen LogP contribution is -2.63. The number of aliphatic hydroxyl groups is 1. The molecule has 2 fully saturated rings. The number of β-amino-alcohol motifs (C(OH)–C–C–N with tert-alkyl or cyclic N) is 1. The molecule has 1 heterocycles. The van der Waals surface area contributed by atoms with E-state index in [9.17, 15) is 23.1 Å². The summed E-state index contributed by atoms with van der Waals surface area (Å²) in [7, 11) is -3.59. The van der Waals surface area contributed by atoms with Gasteiger partial charge in [0.15, 0.2) is 9.84 Å². The minimum Gasteiger partial charge on any atom is -0.390 e. The van der Waals surface area contributed by atoms with Crippen molar-refractivity contribution in [2.45, 2.75) is 115 Å². The van der Waals surface area contributed by atoms with Gasteiger partial charge in [0, 0.05) is 24.9 Å². The first-order valence-corrected chi connectivity index (χ1v) is 17.4. The van der Waals surface area contributed by atoms with E-state index in [4.69, 9.17) is 0 Å². The molecule has 0 bridgehead atoms. The number of piperidine rings is 1. The average Bonchev–Trinajstić information content (AvgIpc) is 2.89. The first-order valence-electron chi connectivity index (χ1n) is 15.5. The van der Waals surface area contributed by atoms with Crippen LogP contribution in [0.5, 0.6) is 0 Å². The van der Waals surface area contributed by atoms with Crippen molar-refractivity contribution in [1.29, 1.82) is 0 Å². The smallest absolute Gasteiger partial charge is 0.239 e. The van der Waals surface area contributed by atoms with E-state index in [1.165, 1.54) is 12.8 Å². The Bertz CT molecular complexity index is 1150. The standard InChI is InChI=1S/C32H54N4O5S/c1-8-33-28(32(5,6)42(7,40)41)30(39)34-25(18-22-14-10-9-11-15-22)27(37)21-36-20-24-17-13-12-16-23(24)19-26(36)29(38)35-31(2,3)4/h9-11,14-15,23-28,33,37H,8,12-13,16-21H2,1-7H3,(H,34,39)(H,35,38)/t23-,24+,25-,26-,27+,28+/m0/s1. The van der Waals surface area contributed by atoms with E-state index in [1.54, 1.807) is 13.8 Å². The minimum absolute atomic E-state index is 0.0236. The number of aliphatic hydroxyl groups excluding tert-OH is 1. The van der Waals surface area contributed by atoms with Crippen LogP contribution in [-0.2, 0) is 25.8 Å². The lowest BCUT2D eigenvalue weighted by Gasteiger charge is -2.47. The molecule has 9 nitrogen and oxygen atoms in total. The molecule has 0 unspecified atom stereocenters. The third kappa shape index (κ3) is 9.00. The van der Waals surface area contributed by atoms with Gasteiger partial charge in [-0.3, -0.25) is 14.5 Å². The van der Waals surface area contributed by atoms with Crippen LogP contribution in [0, 0.1) is 11.8 Å². The highest BCUT2D eigenvalue weighted by Crippen LogP contribution is 2.39. The summed E-state index contributed by atoms with van der Waals surface area (Å²) < 4.78 is 23.9. The van der Waals surface area contributed by atoms with Gasteiger partial charge < -0.3 is 21.1 Å². The van der Waals surface area contributed by atoms with Crippen molar-refractivity contribution >= 4 is 21.7 Å².